The summed E-state index contributed by atoms with van der Waals surface area (Å²) in [5.74, 6) is 2.34. The van der Waals surface area contributed by atoms with Crippen molar-refractivity contribution in [3.8, 4) is 17.2 Å². The van der Waals surface area contributed by atoms with Crippen LogP contribution in [0.4, 0.5) is 0 Å². The maximum Gasteiger partial charge on any atom is 0.224 e. The van der Waals surface area contributed by atoms with E-state index in [1.54, 1.807) is 21.3 Å². The number of rotatable bonds is 10. The van der Waals surface area contributed by atoms with Crippen LogP contribution < -0.4 is 19.5 Å². The quantitative estimate of drug-likeness (QED) is 0.377. The van der Waals surface area contributed by atoms with Crippen LogP contribution in [0.15, 0.2) is 72.9 Å². The third-order valence-corrected chi connectivity index (χ3v) is 5.86. The topological polar surface area (TPSA) is 61.7 Å². The molecule has 0 saturated heterocycles. The van der Waals surface area contributed by atoms with E-state index in [1.807, 2.05) is 54.6 Å². The molecular formula is C28H30N2O4. The number of para-hydroxylation sites is 1. The van der Waals surface area contributed by atoms with Gasteiger partial charge >= 0.3 is 0 Å². The van der Waals surface area contributed by atoms with Gasteiger partial charge in [0.2, 0.25) is 5.91 Å². The number of nitrogens with one attached hydrogen (secondary N) is 1. The molecule has 4 rings (SSSR count). The van der Waals surface area contributed by atoms with Crippen molar-refractivity contribution in [2.45, 2.75) is 19.4 Å². The molecule has 0 aliphatic heterocycles. The van der Waals surface area contributed by atoms with E-state index in [-0.39, 0.29) is 5.91 Å². The molecule has 3 aromatic carbocycles. The summed E-state index contributed by atoms with van der Waals surface area (Å²) < 4.78 is 18.3. The highest BCUT2D eigenvalue weighted by atomic mass is 16.5. The molecule has 176 valence electrons. The molecule has 1 N–H and O–H groups in total. The molecule has 0 spiro atoms. The van der Waals surface area contributed by atoms with Crippen molar-refractivity contribution < 1.29 is 19.0 Å². The minimum atomic E-state index is 0.00819. The highest BCUT2D eigenvalue weighted by molar-refractivity contribution is 5.89. The zero-order chi connectivity index (χ0) is 23.9. The van der Waals surface area contributed by atoms with E-state index in [1.165, 1.54) is 0 Å². The Morgan fingerprint density at radius 3 is 2.26 bits per heavy atom. The van der Waals surface area contributed by atoms with E-state index < -0.39 is 0 Å². The first kappa shape index (κ1) is 23.2. The van der Waals surface area contributed by atoms with Gasteiger partial charge in [0.25, 0.3) is 0 Å². The second-order valence-electron chi connectivity index (χ2n) is 8.15. The number of carbonyl (C=O) groups excluding carboxylic acids is 1. The lowest BCUT2D eigenvalue weighted by molar-refractivity contribution is -0.120. The molecule has 34 heavy (non-hydrogen) atoms. The molecule has 6 heteroatoms. The van der Waals surface area contributed by atoms with E-state index in [4.69, 9.17) is 14.2 Å². The molecule has 0 aliphatic rings. The third-order valence-electron chi connectivity index (χ3n) is 5.86. The first-order valence-electron chi connectivity index (χ1n) is 11.3. The summed E-state index contributed by atoms with van der Waals surface area (Å²) in [5, 5.41) is 4.13. The molecule has 1 aromatic heterocycles. The lowest BCUT2D eigenvalue weighted by Crippen LogP contribution is -2.27. The number of amides is 1. The van der Waals surface area contributed by atoms with Crippen molar-refractivity contribution in [1.82, 2.24) is 9.88 Å². The predicted molar refractivity (Wildman–Crippen MR) is 134 cm³/mol. The van der Waals surface area contributed by atoms with Gasteiger partial charge in [-0.05, 0) is 53.4 Å². The minimum absolute atomic E-state index is 0.00819. The zero-order valence-electron chi connectivity index (χ0n) is 19.8. The van der Waals surface area contributed by atoms with Crippen molar-refractivity contribution >= 4 is 16.8 Å². The van der Waals surface area contributed by atoms with E-state index in [0.717, 1.165) is 51.3 Å². The Morgan fingerprint density at radius 2 is 1.53 bits per heavy atom. The normalized spacial score (nSPS) is 10.8. The van der Waals surface area contributed by atoms with Gasteiger partial charge in [-0.25, -0.2) is 0 Å². The maximum atomic E-state index is 12.7. The number of hydrogen-bond donors (Lipinski definition) is 1. The standard InChI is InChI=1S/C28H30N2O4/c1-32-23-8-6-7-20(13-23)11-12-29-28(31)16-22-19-30(27-10-5-4-9-26(22)27)18-21-14-24(33-2)17-25(15-21)34-3/h4-10,13-15,17,19H,11-12,16,18H2,1-3H3,(H,29,31). The molecule has 1 heterocycles. The number of benzene rings is 3. The largest absolute Gasteiger partial charge is 0.497 e. The van der Waals surface area contributed by atoms with Crippen LogP contribution >= 0.6 is 0 Å². The van der Waals surface area contributed by atoms with Crippen LogP contribution in [-0.4, -0.2) is 38.3 Å². The van der Waals surface area contributed by atoms with Crippen molar-refractivity contribution in [3.63, 3.8) is 0 Å². The maximum absolute atomic E-state index is 12.7. The summed E-state index contributed by atoms with van der Waals surface area (Å²) in [7, 11) is 4.95. The number of methoxy groups -OCH3 is 3. The Bertz CT molecular complexity index is 1260. The summed E-state index contributed by atoms with van der Waals surface area (Å²) in [6.45, 7) is 1.22. The number of fused-ring (bicyclic) bond motifs is 1. The van der Waals surface area contributed by atoms with Gasteiger partial charge in [0, 0.05) is 36.3 Å². The molecule has 4 aromatic rings. The molecule has 0 fully saturated rings. The number of nitrogens with zero attached hydrogens (tertiary/aromatic N) is 1. The van der Waals surface area contributed by atoms with Crippen LogP contribution in [0.5, 0.6) is 17.2 Å². The summed E-state index contributed by atoms with van der Waals surface area (Å²) in [4.78, 5) is 12.7. The van der Waals surface area contributed by atoms with Crippen LogP contribution in [0.2, 0.25) is 0 Å². The first-order chi connectivity index (χ1) is 16.6. The Labute approximate surface area is 200 Å². The molecule has 0 bridgehead atoms. The van der Waals surface area contributed by atoms with Crippen LogP contribution in [0, 0.1) is 0 Å². The van der Waals surface area contributed by atoms with Crippen molar-refractivity contribution in [2.75, 3.05) is 27.9 Å². The fraction of sp³-hybridized carbons (Fsp3) is 0.250. The first-order valence-corrected chi connectivity index (χ1v) is 11.3. The van der Waals surface area contributed by atoms with Crippen molar-refractivity contribution in [1.29, 1.82) is 0 Å². The monoisotopic (exact) mass is 458 g/mol. The summed E-state index contributed by atoms with van der Waals surface area (Å²) >= 11 is 0. The fourth-order valence-corrected chi connectivity index (χ4v) is 4.16. The van der Waals surface area contributed by atoms with Crippen LogP contribution in [0.1, 0.15) is 16.7 Å². The zero-order valence-corrected chi connectivity index (χ0v) is 19.8. The number of ether oxygens (including phenoxy) is 3. The molecule has 0 radical (unpaired) electrons. The molecule has 0 atom stereocenters. The number of aromatic nitrogens is 1. The van der Waals surface area contributed by atoms with Gasteiger partial charge in [0.15, 0.2) is 0 Å². The lowest BCUT2D eigenvalue weighted by atomic mass is 10.1. The molecule has 0 saturated carbocycles. The SMILES string of the molecule is COc1cccc(CCNC(=O)Cc2cn(Cc3cc(OC)cc(OC)c3)c3ccccc23)c1. The van der Waals surface area contributed by atoms with Gasteiger partial charge in [0.1, 0.15) is 17.2 Å². The van der Waals surface area contributed by atoms with Gasteiger partial charge in [-0.3, -0.25) is 4.79 Å². The van der Waals surface area contributed by atoms with Gasteiger partial charge in [-0.2, -0.15) is 0 Å². The fourth-order valence-electron chi connectivity index (χ4n) is 4.16. The second kappa shape index (κ2) is 10.8. The Kier molecular flexibility index (Phi) is 7.38. The highest BCUT2D eigenvalue weighted by Gasteiger charge is 2.13. The molecule has 6 nitrogen and oxygen atoms in total. The van der Waals surface area contributed by atoms with Crippen molar-refractivity contribution in [3.05, 3.63) is 89.6 Å². The Balaban J connectivity index is 1.46. The van der Waals surface area contributed by atoms with Crippen LogP contribution in [-0.2, 0) is 24.2 Å². The summed E-state index contributed by atoms with van der Waals surface area (Å²) in [6.07, 6.45) is 3.15. The molecule has 0 aliphatic carbocycles. The smallest absolute Gasteiger partial charge is 0.224 e. The van der Waals surface area contributed by atoms with E-state index >= 15 is 0 Å². The van der Waals surface area contributed by atoms with Gasteiger partial charge in [0.05, 0.1) is 27.8 Å². The Morgan fingerprint density at radius 1 is 0.824 bits per heavy atom. The van der Waals surface area contributed by atoms with Crippen LogP contribution in [0.3, 0.4) is 0 Å². The van der Waals surface area contributed by atoms with Gasteiger partial charge < -0.3 is 24.1 Å². The third kappa shape index (κ3) is 5.52. The van der Waals surface area contributed by atoms with E-state index in [9.17, 15) is 4.79 Å². The average molecular weight is 459 g/mol. The second-order valence-corrected chi connectivity index (χ2v) is 8.15. The van der Waals surface area contributed by atoms with E-state index in [0.29, 0.717) is 19.5 Å². The number of carbonyl (C=O) groups is 1. The van der Waals surface area contributed by atoms with Crippen molar-refractivity contribution in [2.24, 2.45) is 0 Å². The van der Waals surface area contributed by atoms with Gasteiger partial charge in [-0.15, -0.1) is 0 Å². The Hall–Kier alpha value is -3.93. The van der Waals surface area contributed by atoms with E-state index in [2.05, 4.69) is 28.2 Å². The number of hydrogen-bond acceptors (Lipinski definition) is 4. The van der Waals surface area contributed by atoms with Gasteiger partial charge in [-0.1, -0.05) is 30.3 Å². The molecule has 0 unspecified atom stereocenters. The minimum Gasteiger partial charge on any atom is -0.497 e. The lowest BCUT2D eigenvalue weighted by Gasteiger charge is -2.10. The molecular weight excluding hydrogens is 428 g/mol. The highest BCUT2D eigenvalue weighted by Crippen LogP contribution is 2.26. The molecule has 1 amide bonds. The average Bonchev–Trinajstić information content (AvgIpc) is 3.20. The van der Waals surface area contributed by atoms with Crippen LogP contribution in [0.25, 0.3) is 10.9 Å². The predicted octanol–water partition coefficient (Wildman–Crippen LogP) is 4.62. The summed E-state index contributed by atoms with van der Waals surface area (Å²) in [5.41, 5.74) is 4.28. The summed E-state index contributed by atoms with van der Waals surface area (Å²) in [6, 6.07) is 21.9.